The van der Waals surface area contributed by atoms with Gasteiger partial charge in [-0.3, -0.25) is 0 Å². The van der Waals surface area contributed by atoms with E-state index in [9.17, 15) is 5.11 Å². The summed E-state index contributed by atoms with van der Waals surface area (Å²) in [4.78, 5) is 5.02. The third kappa shape index (κ3) is 2.37. The van der Waals surface area contributed by atoms with Crippen molar-refractivity contribution in [3.63, 3.8) is 0 Å². The fourth-order valence-electron chi connectivity index (χ4n) is 8.88. The summed E-state index contributed by atoms with van der Waals surface area (Å²) in [6, 6.07) is 1.38. The summed E-state index contributed by atoms with van der Waals surface area (Å²) >= 11 is 0. The second-order valence-electron chi connectivity index (χ2n) is 11.4. The molecule has 3 heteroatoms. The second-order valence-corrected chi connectivity index (χ2v) is 11.4. The van der Waals surface area contributed by atoms with Gasteiger partial charge in [-0.25, -0.2) is 0 Å². The molecule has 5 rings (SSSR count). The Kier molecular flexibility index (Phi) is 4.18. The normalized spacial score (nSPS) is 54.9. The van der Waals surface area contributed by atoms with Gasteiger partial charge in [-0.15, -0.1) is 0 Å². The molecule has 1 aliphatic heterocycles. The van der Waals surface area contributed by atoms with Crippen LogP contribution in [0.25, 0.3) is 0 Å². The number of hydrogen-bond acceptors (Lipinski definition) is 3. The molecule has 0 bridgehead atoms. The summed E-state index contributed by atoms with van der Waals surface area (Å²) in [6.07, 6.45) is 11.4. The molecular formula is C24H40N2O. The van der Waals surface area contributed by atoms with Crippen molar-refractivity contribution in [2.24, 2.45) is 34.5 Å². The predicted octanol–water partition coefficient (Wildman–Crippen LogP) is 3.78. The molecule has 0 aromatic heterocycles. The topological polar surface area (TPSA) is 26.7 Å². The van der Waals surface area contributed by atoms with Gasteiger partial charge < -0.3 is 14.9 Å². The molecule has 152 valence electrons. The molecule has 1 heterocycles. The molecule has 1 saturated heterocycles. The molecule has 0 unspecified atom stereocenters. The van der Waals surface area contributed by atoms with E-state index in [4.69, 9.17) is 0 Å². The Hall–Kier alpha value is -0.380. The van der Waals surface area contributed by atoms with Crippen LogP contribution in [0.3, 0.4) is 0 Å². The standard InChI is InChI=1S/C24H40N2O/c1-15-18-6-7-20-22-19(9-11-24(18,20)14-26(15)5)23(2)10-8-17(25(3)4)12-16(23)13-21(22)27/h13,15,17-22,27H,6-12,14H2,1-5H3/t15-,17-,18+,19-,20-,21+,22+,23-,24-/m0/s1. The van der Waals surface area contributed by atoms with Gasteiger partial charge >= 0.3 is 0 Å². The zero-order chi connectivity index (χ0) is 19.1. The van der Waals surface area contributed by atoms with Crippen molar-refractivity contribution in [2.75, 3.05) is 27.7 Å². The number of rotatable bonds is 1. The quantitative estimate of drug-likeness (QED) is 0.710. The fraction of sp³-hybridized carbons (Fsp3) is 0.917. The third-order valence-corrected chi connectivity index (χ3v) is 10.4. The van der Waals surface area contributed by atoms with Gasteiger partial charge in [0.15, 0.2) is 0 Å². The Morgan fingerprint density at radius 1 is 1.07 bits per heavy atom. The lowest BCUT2D eigenvalue weighted by Crippen LogP contribution is -2.56. The van der Waals surface area contributed by atoms with E-state index in [2.05, 4.69) is 50.9 Å². The van der Waals surface area contributed by atoms with Crippen LogP contribution in [-0.4, -0.2) is 60.8 Å². The van der Waals surface area contributed by atoms with Gasteiger partial charge in [0, 0.05) is 18.6 Å². The average Bonchev–Trinajstić information content (AvgIpc) is 3.10. The zero-order valence-corrected chi connectivity index (χ0v) is 18.1. The Labute approximate surface area is 166 Å². The van der Waals surface area contributed by atoms with E-state index in [0.717, 1.165) is 17.9 Å². The molecule has 27 heavy (non-hydrogen) atoms. The molecule has 0 amide bonds. The van der Waals surface area contributed by atoms with Crippen molar-refractivity contribution < 1.29 is 5.11 Å². The molecule has 4 fully saturated rings. The van der Waals surface area contributed by atoms with Gasteiger partial charge in [0.05, 0.1) is 6.10 Å². The Balaban J connectivity index is 1.49. The van der Waals surface area contributed by atoms with Gasteiger partial charge in [-0.05, 0) is 108 Å². The highest BCUT2D eigenvalue weighted by molar-refractivity contribution is 5.29. The van der Waals surface area contributed by atoms with E-state index in [1.807, 2.05) is 0 Å². The number of aliphatic hydroxyl groups is 1. The maximum Gasteiger partial charge on any atom is 0.0757 e. The highest BCUT2D eigenvalue weighted by Crippen LogP contribution is 2.68. The van der Waals surface area contributed by atoms with Crippen molar-refractivity contribution in [3.05, 3.63) is 11.6 Å². The molecule has 0 aromatic rings. The highest BCUT2D eigenvalue weighted by Gasteiger charge is 2.65. The van der Waals surface area contributed by atoms with Crippen LogP contribution in [0.4, 0.5) is 0 Å². The van der Waals surface area contributed by atoms with Crippen LogP contribution in [0.5, 0.6) is 0 Å². The van der Waals surface area contributed by atoms with E-state index >= 15 is 0 Å². The van der Waals surface area contributed by atoms with E-state index < -0.39 is 0 Å². The van der Waals surface area contributed by atoms with E-state index in [0.29, 0.717) is 28.7 Å². The van der Waals surface area contributed by atoms with Gasteiger partial charge in [0.25, 0.3) is 0 Å². The summed E-state index contributed by atoms with van der Waals surface area (Å²) in [5, 5.41) is 11.4. The van der Waals surface area contributed by atoms with Crippen molar-refractivity contribution in [3.8, 4) is 0 Å². The molecular weight excluding hydrogens is 332 g/mol. The van der Waals surface area contributed by atoms with Crippen LogP contribution in [0, 0.1) is 34.5 Å². The van der Waals surface area contributed by atoms with Crippen molar-refractivity contribution >= 4 is 0 Å². The zero-order valence-electron chi connectivity index (χ0n) is 18.1. The summed E-state index contributed by atoms with van der Waals surface area (Å²) in [5.74, 6) is 2.81. The van der Waals surface area contributed by atoms with Gasteiger partial charge in [0.1, 0.15) is 0 Å². The number of aliphatic hydroxyl groups excluding tert-OH is 1. The first-order chi connectivity index (χ1) is 12.8. The van der Waals surface area contributed by atoms with E-state index in [1.54, 1.807) is 5.57 Å². The Morgan fingerprint density at radius 2 is 1.81 bits per heavy atom. The summed E-state index contributed by atoms with van der Waals surface area (Å²) in [5.41, 5.74) is 2.43. The van der Waals surface area contributed by atoms with Gasteiger partial charge in [-0.2, -0.15) is 0 Å². The molecule has 0 aromatic carbocycles. The van der Waals surface area contributed by atoms with Crippen molar-refractivity contribution in [1.82, 2.24) is 9.80 Å². The fourth-order valence-corrected chi connectivity index (χ4v) is 8.88. The van der Waals surface area contributed by atoms with Crippen LogP contribution >= 0.6 is 0 Å². The first kappa shape index (κ1) is 18.6. The van der Waals surface area contributed by atoms with Gasteiger partial charge in [0.2, 0.25) is 0 Å². The van der Waals surface area contributed by atoms with Crippen LogP contribution < -0.4 is 0 Å². The SMILES string of the molecule is C[C@H]1[C@H]2CC[C@H]3[C@@H]4[C@H](O)C=C5C[C@@H](N(C)C)CC[C@]5(C)[C@H]4CC[C@]23CN1C. The first-order valence-electron chi connectivity index (χ1n) is 11.5. The van der Waals surface area contributed by atoms with Crippen LogP contribution in [0.2, 0.25) is 0 Å². The number of likely N-dealkylation sites (tertiary alicyclic amines) is 1. The van der Waals surface area contributed by atoms with E-state index in [-0.39, 0.29) is 6.10 Å². The number of nitrogens with zero attached hydrogens (tertiary/aromatic N) is 2. The minimum atomic E-state index is -0.207. The van der Waals surface area contributed by atoms with Gasteiger partial charge in [-0.1, -0.05) is 18.6 Å². The molecule has 3 saturated carbocycles. The smallest absolute Gasteiger partial charge is 0.0757 e. The van der Waals surface area contributed by atoms with Crippen molar-refractivity contribution in [2.45, 2.75) is 77.0 Å². The summed E-state index contributed by atoms with van der Waals surface area (Å²) in [7, 11) is 6.77. The Morgan fingerprint density at radius 3 is 2.56 bits per heavy atom. The molecule has 9 atom stereocenters. The molecule has 1 N–H and O–H groups in total. The van der Waals surface area contributed by atoms with Crippen LogP contribution in [0.15, 0.2) is 11.6 Å². The minimum absolute atomic E-state index is 0.207. The lowest BCUT2D eigenvalue weighted by Gasteiger charge is -2.59. The number of hydrogen-bond donors (Lipinski definition) is 1. The maximum atomic E-state index is 11.4. The lowest BCUT2D eigenvalue weighted by molar-refractivity contribution is -0.0882. The third-order valence-electron chi connectivity index (χ3n) is 10.4. The van der Waals surface area contributed by atoms with Crippen LogP contribution in [0.1, 0.15) is 58.8 Å². The first-order valence-corrected chi connectivity index (χ1v) is 11.5. The molecule has 3 nitrogen and oxygen atoms in total. The largest absolute Gasteiger partial charge is 0.389 e. The maximum absolute atomic E-state index is 11.4. The second kappa shape index (κ2) is 6.06. The van der Waals surface area contributed by atoms with Crippen molar-refractivity contribution in [1.29, 1.82) is 0 Å². The molecule has 1 spiro atoms. The van der Waals surface area contributed by atoms with Crippen LogP contribution in [-0.2, 0) is 0 Å². The molecule has 5 aliphatic rings. The highest BCUT2D eigenvalue weighted by atomic mass is 16.3. The minimum Gasteiger partial charge on any atom is -0.389 e. The monoisotopic (exact) mass is 372 g/mol. The summed E-state index contributed by atoms with van der Waals surface area (Å²) < 4.78 is 0. The molecule has 0 radical (unpaired) electrons. The van der Waals surface area contributed by atoms with E-state index in [1.165, 1.54) is 51.5 Å². The Bertz CT molecular complexity index is 644. The summed E-state index contributed by atoms with van der Waals surface area (Å²) in [6.45, 7) is 6.28. The average molecular weight is 373 g/mol. The molecule has 4 aliphatic carbocycles. The lowest BCUT2D eigenvalue weighted by atomic mass is 9.46. The number of fused-ring (bicyclic) bond motifs is 4. The predicted molar refractivity (Wildman–Crippen MR) is 110 cm³/mol.